The average molecular weight is 664 g/mol. The van der Waals surface area contributed by atoms with Gasteiger partial charge in [-0.2, -0.15) is 0 Å². The Bertz CT molecular complexity index is 937. The number of carbonyl (C=O) groups is 1. The summed E-state index contributed by atoms with van der Waals surface area (Å²) in [6, 6.07) is -0.647. The molecule has 0 aromatic heterocycles. The van der Waals surface area contributed by atoms with Crippen molar-refractivity contribution < 1.29 is 15.0 Å². The number of nitrogens with one attached hydrogen (secondary N) is 1. The molecule has 0 aliphatic rings. The Kier molecular flexibility index (Phi) is 36.6. The molecule has 0 saturated carbocycles. The van der Waals surface area contributed by atoms with E-state index in [4.69, 9.17) is 0 Å². The van der Waals surface area contributed by atoms with Gasteiger partial charge >= 0.3 is 0 Å². The van der Waals surface area contributed by atoms with Gasteiger partial charge in [0.15, 0.2) is 0 Å². The van der Waals surface area contributed by atoms with Gasteiger partial charge in [0, 0.05) is 6.42 Å². The zero-order valence-electron chi connectivity index (χ0n) is 31.0. The minimum atomic E-state index is -0.869. The minimum absolute atomic E-state index is 0.0917. The SMILES string of the molecule is CC/C=C\C/C=C\C/C=C\C/C=C\C/C=C\C/C=C\CCCCCCCCCCC(=O)NC(CO)C(O)/C=C/CC/C=C/CCCCC. The van der Waals surface area contributed by atoms with Gasteiger partial charge in [0.25, 0.3) is 0 Å². The molecule has 0 rings (SSSR count). The van der Waals surface area contributed by atoms with Crippen molar-refractivity contribution in [2.24, 2.45) is 0 Å². The molecule has 0 aliphatic carbocycles. The summed E-state index contributed by atoms with van der Waals surface area (Å²) in [5, 5.41) is 22.8. The van der Waals surface area contributed by atoms with Crippen molar-refractivity contribution in [1.29, 1.82) is 0 Å². The molecule has 0 bridgehead atoms. The van der Waals surface area contributed by atoms with Gasteiger partial charge in [-0.3, -0.25) is 4.79 Å². The van der Waals surface area contributed by atoms with E-state index in [1.165, 1.54) is 51.4 Å². The van der Waals surface area contributed by atoms with Crippen molar-refractivity contribution in [2.75, 3.05) is 6.61 Å². The summed E-state index contributed by atoms with van der Waals surface area (Å²) in [5.41, 5.74) is 0. The lowest BCUT2D eigenvalue weighted by Crippen LogP contribution is -2.45. The van der Waals surface area contributed by atoms with Crippen LogP contribution in [0, 0.1) is 0 Å². The molecule has 0 radical (unpaired) electrons. The first-order valence-corrected chi connectivity index (χ1v) is 19.5. The first kappa shape index (κ1) is 45.3. The van der Waals surface area contributed by atoms with Crippen LogP contribution in [0.2, 0.25) is 0 Å². The molecule has 2 atom stereocenters. The number of hydrogen-bond donors (Lipinski definition) is 3. The maximum Gasteiger partial charge on any atom is 0.220 e. The highest BCUT2D eigenvalue weighted by Gasteiger charge is 2.17. The molecule has 0 fully saturated rings. The summed E-state index contributed by atoms with van der Waals surface area (Å²) in [5.74, 6) is -0.0917. The third-order valence-corrected chi connectivity index (χ3v) is 8.05. The van der Waals surface area contributed by atoms with Gasteiger partial charge < -0.3 is 15.5 Å². The molecule has 2 unspecified atom stereocenters. The molecular weight excluding hydrogens is 590 g/mol. The van der Waals surface area contributed by atoms with E-state index in [2.05, 4.69) is 104 Å². The Hall–Kier alpha value is -2.69. The van der Waals surface area contributed by atoms with Gasteiger partial charge in [-0.15, -0.1) is 0 Å². The first-order chi connectivity index (χ1) is 23.7. The Labute approximate surface area is 296 Å². The number of carbonyl (C=O) groups excluding carboxylic acids is 1. The zero-order chi connectivity index (χ0) is 35.0. The second-order valence-electron chi connectivity index (χ2n) is 12.6. The summed E-state index contributed by atoms with van der Waals surface area (Å²) in [4.78, 5) is 12.3. The van der Waals surface area contributed by atoms with Crippen molar-refractivity contribution in [3.8, 4) is 0 Å². The van der Waals surface area contributed by atoms with Crippen LogP contribution >= 0.6 is 0 Å². The molecule has 48 heavy (non-hydrogen) atoms. The number of hydrogen-bond acceptors (Lipinski definition) is 3. The Balaban J connectivity index is 3.66. The normalized spacial score (nSPS) is 14.2. The first-order valence-electron chi connectivity index (χ1n) is 19.5. The highest BCUT2D eigenvalue weighted by atomic mass is 16.3. The molecule has 0 aliphatic heterocycles. The van der Waals surface area contributed by atoms with Crippen LogP contribution in [-0.4, -0.2) is 34.9 Å². The van der Waals surface area contributed by atoms with Gasteiger partial charge in [0.2, 0.25) is 5.91 Å². The number of rotatable bonds is 33. The van der Waals surface area contributed by atoms with Crippen molar-refractivity contribution in [2.45, 2.75) is 167 Å². The van der Waals surface area contributed by atoms with Gasteiger partial charge in [-0.25, -0.2) is 0 Å². The van der Waals surface area contributed by atoms with E-state index in [1.54, 1.807) is 6.08 Å². The molecule has 0 heterocycles. The van der Waals surface area contributed by atoms with Crippen LogP contribution in [-0.2, 0) is 4.79 Å². The molecule has 0 spiro atoms. The Morgan fingerprint density at radius 2 is 0.938 bits per heavy atom. The molecule has 1 amide bonds. The van der Waals surface area contributed by atoms with E-state index in [0.717, 1.165) is 83.5 Å². The Morgan fingerprint density at radius 1 is 0.521 bits per heavy atom. The predicted molar refractivity (Wildman–Crippen MR) is 211 cm³/mol. The summed E-state index contributed by atoms with van der Waals surface area (Å²) < 4.78 is 0. The van der Waals surface area contributed by atoms with Gasteiger partial charge in [0.1, 0.15) is 0 Å². The molecule has 0 aromatic rings. The summed E-state index contributed by atoms with van der Waals surface area (Å²) in [7, 11) is 0. The largest absolute Gasteiger partial charge is 0.394 e. The number of allylic oxidation sites excluding steroid dienone is 15. The second kappa shape index (κ2) is 38.8. The summed E-state index contributed by atoms with van der Waals surface area (Å²) in [6.45, 7) is 4.10. The zero-order valence-corrected chi connectivity index (χ0v) is 31.0. The van der Waals surface area contributed by atoms with Crippen molar-refractivity contribution in [3.05, 3.63) is 97.2 Å². The van der Waals surface area contributed by atoms with Crippen molar-refractivity contribution in [1.82, 2.24) is 5.32 Å². The number of aliphatic hydroxyl groups is 2. The maximum absolute atomic E-state index is 12.3. The molecule has 0 aromatic carbocycles. The van der Waals surface area contributed by atoms with E-state index in [9.17, 15) is 15.0 Å². The van der Waals surface area contributed by atoms with Crippen molar-refractivity contribution in [3.63, 3.8) is 0 Å². The molecular formula is C44H73NO3. The molecule has 0 saturated heterocycles. The fourth-order valence-corrected chi connectivity index (χ4v) is 5.08. The van der Waals surface area contributed by atoms with E-state index >= 15 is 0 Å². The monoisotopic (exact) mass is 664 g/mol. The van der Waals surface area contributed by atoms with Crippen LogP contribution in [0.3, 0.4) is 0 Å². The van der Waals surface area contributed by atoms with Crippen LogP contribution in [0.4, 0.5) is 0 Å². The van der Waals surface area contributed by atoms with E-state index in [0.29, 0.717) is 6.42 Å². The second-order valence-corrected chi connectivity index (χ2v) is 12.6. The van der Waals surface area contributed by atoms with Gasteiger partial charge in [-0.05, 0) is 83.5 Å². The summed E-state index contributed by atoms with van der Waals surface area (Å²) >= 11 is 0. The maximum atomic E-state index is 12.3. The van der Waals surface area contributed by atoms with Gasteiger partial charge in [-0.1, -0.05) is 162 Å². The molecule has 3 N–H and O–H groups in total. The third-order valence-electron chi connectivity index (χ3n) is 8.05. The van der Waals surface area contributed by atoms with Gasteiger partial charge in [0.05, 0.1) is 18.8 Å². The molecule has 272 valence electrons. The smallest absolute Gasteiger partial charge is 0.220 e. The molecule has 4 nitrogen and oxygen atoms in total. The average Bonchev–Trinajstić information content (AvgIpc) is 3.09. The van der Waals surface area contributed by atoms with Crippen LogP contribution in [0.15, 0.2) is 97.2 Å². The van der Waals surface area contributed by atoms with E-state index in [1.807, 2.05) is 6.08 Å². The molecule has 4 heteroatoms. The van der Waals surface area contributed by atoms with E-state index < -0.39 is 12.1 Å². The highest BCUT2D eigenvalue weighted by Crippen LogP contribution is 2.11. The standard InChI is InChI=1S/C44H73NO3/c1-3-5-7-9-11-13-14-15-16-17-18-19-20-21-22-23-24-25-26-27-28-29-30-32-34-36-38-40-44(48)45-42(41-46)43(47)39-37-35-33-31-12-10-8-6-4-2/h5,7,11-13,15-16,18-19,21-22,24-25,31,37,39,42-43,46-47H,3-4,6,8-10,14,17,20,23,26-30,32-36,38,40-41H2,1-2H3,(H,45,48)/b7-5-,13-11-,16-15-,19-18-,22-21-,25-24-,31-12+,39-37+. The lowest BCUT2D eigenvalue weighted by molar-refractivity contribution is -0.123. The van der Waals surface area contributed by atoms with Crippen LogP contribution in [0.1, 0.15) is 155 Å². The highest BCUT2D eigenvalue weighted by molar-refractivity contribution is 5.76. The number of unbranched alkanes of at least 4 members (excludes halogenated alkanes) is 12. The lowest BCUT2D eigenvalue weighted by atomic mass is 10.1. The van der Waals surface area contributed by atoms with Crippen LogP contribution in [0.5, 0.6) is 0 Å². The number of aliphatic hydroxyl groups excluding tert-OH is 2. The fraction of sp³-hybridized carbons (Fsp3) is 0.614. The quantitative estimate of drug-likeness (QED) is 0.0483. The van der Waals surface area contributed by atoms with Crippen LogP contribution in [0.25, 0.3) is 0 Å². The Morgan fingerprint density at radius 3 is 1.46 bits per heavy atom. The van der Waals surface area contributed by atoms with E-state index in [-0.39, 0.29) is 12.5 Å². The van der Waals surface area contributed by atoms with Crippen LogP contribution < -0.4 is 5.32 Å². The lowest BCUT2D eigenvalue weighted by Gasteiger charge is -2.19. The summed E-state index contributed by atoms with van der Waals surface area (Å²) in [6.07, 6.45) is 57.9. The fourth-order valence-electron chi connectivity index (χ4n) is 5.08. The minimum Gasteiger partial charge on any atom is -0.394 e. The number of amides is 1. The van der Waals surface area contributed by atoms with Crippen molar-refractivity contribution >= 4 is 5.91 Å². The topological polar surface area (TPSA) is 69.6 Å². The third kappa shape index (κ3) is 34.6. The predicted octanol–water partition coefficient (Wildman–Crippen LogP) is 11.9.